The maximum atomic E-state index is 11.5. The molecule has 0 amide bonds. The van der Waals surface area contributed by atoms with Crippen molar-refractivity contribution in [2.45, 2.75) is 18.7 Å². The Morgan fingerprint density at radius 3 is 2.71 bits per heavy atom. The first-order valence-corrected chi connectivity index (χ1v) is 6.02. The van der Waals surface area contributed by atoms with Gasteiger partial charge in [-0.2, -0.15) is 5.10 Å². The molecule has 2 N–H and O–H groups in total. The summed E-state index contributed by atoms with van der Waals surface area (Å²) in [4.78, 5) is 3.84. The molecule has 1 aromatic rings. The molecule has 0 aliphatic heterocycles. The molecule has 1 heterocycles. The fraction of sp³-hybridized carbons (Fsp3) is 0.714. The van der Waals surface area contributed by atoms with E-state index >= 15 is 0 Å². The van der Waals surface area contributed by atoms with Crippen LogP contribution >= 0.6 is 0 Å². The fourth-order valence-corrected chi connectivity index (χ4v) is 2.68. The molecule has 6 nitrogen and oxygen atoms in total. The van der Waals surface area contributed by atoms with E-state index in [1.54, 1.807) is 14.0 Å². The van der Waals surface area contributed by atoms with Gasteiger partial charge in [-0.05, 0) is 6.92 Å². The third-order valence-corrected chi connectivity index (χ3v) is 3.40. The Kier molecular flexibility index (Phi) is 3.22. The highest BCUT2D eigenvalue weighted by Gasteiger charge is 2.17. The maximum Gasteiger partial charge on any atom is 0.159 e. The lowest BCUT2D eigenvalue weighted by atomic mass is 10.4. The van der Waals surface area contributed by atoms with Crippen LogP contribution in [0, 0.1) is 0 Å². The molecule has 0 fully saturated rings. The van der Waals surface area contributed by atoms with Crippen LogP contribution in [-0.2, 0) is 22.6 Å². The van der Waals surface area contributed by atoms with E-state index in [9.17, 15) is 8.42 Å². The molecule has 1 unspecified atom stereocenters. The van der Waals surface area contributed by atoms with Gasteiger partial charge in [0.2, 0.25) is 0 Å². The maximum absolute atomic E-state index is 11.5. The van der Waals surface area contributed by atoms with Crippen molar-refractivity contribution in [2.24, 2.45) is 12.8 Å². The van der Waals surface area contributed by atoms with E-state index in [-0.39, 0.29) is 17.5 Å². The summed E-state index contributed by atoms with van der Waals surface area (Å²) >= 11 is 0. The molecular formula is C7H14N4O2S. The Balaban J connectivity index is 2.74. The van der Waals surface area contributed by atoms with Crippen LogP contribution in [0.15, 0.2) is 6.33 Å². The molecule has 1 rings (SSSR count). The minimum atomic E-state index is -3.17. The van der Waals surface area contributed by atoms with Crippen molar-refractivity contribution in [3.63, 3.8) is 0 Å². The van der Waals surface area contributed by atoms with Crippen molar-refractivity contribution in [3.05, 3.63) is 12.2 Å². The van der Waals surface area contributed by atoms with Crippen LogP contribution in [0.25, 0.3) is 0 Å². The van der Waals surface area contributed by atoms with Gasteiger partial charge in [0.15, 0.2) is 9.84 Å². The molecule has 1 aromatic heterocycles. The first-order chi connectivity index (χ1) is 6.41. The predicted octanol–water partition coefficient (Wildman–Crippen LogP) is -0.923. The van der Waals surface area contributed by atoms with Crippen LogP contribution in [0.2, 0.25) is 0 Å². The Labute approximate surface area is 83.0 Å². The largest absolute Gasteiger partial charge is 0.327 e. The summed E-state index contributed by atoms with van der Waals surface area (Å²) in [5.41, 5.74) is 5.42. The number of nitrogens with two attached hydrogens (primary N) is 1. The second-order valence-electron chi connectivity index (χ2n) is 3.33. The minimum absolute atomic E-state index is 0.0279. The summed E-state index contributed by atoms with van der Waals surface area (Å²) in [6.07, 6.45) is 1.33. The van der Waals surface area contributed by atoms with Gasteiger partial charge in [-0.3, -0.25) is 4.68 Å². The molecular weight excluding hydrogens is 204 g/mol. The van der Waals surface area contributed by atoms with Crippen LogP contribution < -0.4 is 5.73 Å². The summed E-state index contributed by atoms with van der Waals surface area (Å²) in [5, 5.41) is 3.79. The van der Waals surface area contributed by atoms with E-state index in [0.717, 1.165) is 0 Å². The van der Waals surface area contributed by atoms with Crippen LogP contribution in [0.3, 0.4) is 0 Å². The summed E-state index contributed by atoms with van der Waals surface area (Å²) in [7, 11) is -1.52. The van der Waals surface area contributed by atoms with Gasteiger partial charge in [-0.15, -0.1) is 0 Å². The van der Waals surface area contributed by atoms with Crippen molar-refractivity contribution in [2.75, 3.05) is 5.75 Å². The number of nitrogens with zero attached hydrogens (tertiary/aromatic N) is 3. The van der Waals surface area contributed by atoms with Gasteiger partial charge in [0.1, 0.15) is 17.9 Å². The van der Waals surface area contributed by atoms with Gasteiger partial charge >= 0.3 is 0 Å². The lowest BCUT2D eigenvalue weighted by molar-refractivity contribution is 0.585. The number of hydrogen-bond donors (Lipinski definition) is 1. The average molecular weight is 218 g/mol. The van der Waals surface area contributed by atoms with E-state index in [1.165, 1.54) is 11.0 Å². The Hall–Kier alpha value is -0.950. The lowest BCUT2D eigenvalue weighted by Gasteiger charge is -2.05. The molecule has 0 radical (unpaired) electrons. The minimum Gasteiger partial charge on any atom is -0.327 e. The van der Waals surface area contributed by atoms with Crippen molar-refractivity contribution >= 4 is 9.84 Å². The molecule has 14 heavy (non-hydrogen) atoms. The number of aromatic nitrogens is 3. The Morgan fingerprint density at radius 2 is 2.29 bits per heavy atom. The van der Waals surface area contributed by atoms with E-state index in [2.05, 4.69) is 10.1 Å². The van der Waals surface area contributed by atoms with Gasteiger partial charge in [0.05, 0.1) is 5.75 Å². The van der Waals surface area contributed by atoms with Crippen LogP contribution in [0.4, 0.5) is 0 Å². The van der Waals surface area contributed by atoms with Gasteiger partial charge < -0.3 is 5.73 Å². The summed E-state index contributed by atoms with van der Waals surface area (Å²) in [6.45, 7) is 1.66. The fourth-order valence-electron chi connectivity index (χ4n) is 1.11. The normalized spacial score (nSPS) is 14.2. The van der Waals surface area contributed by atoms with Crippen molar-refractivity contribution < 1.29 is 8.42 Å². The molecule has 0 aromatic carbocycles. The smallest absolute Gasteiger partial charge is 0.159 e. The molecule has 1 atom stereocenters. The van der Waals surface area contributed by atoms with Crippen molar-refractivity contribution in [1.29, 1.82) is 0 Å². The van der Waals surface area contributed by atoms with E-state index in [4.69, 9.17) is 5.73 Å². The second kappa shape index (κ2) is 4.05. The molecule has 0 aliphatic carbocycles. The molecule has 0 saturated carbocycles. The highest BCUT2D eigenvalue weighted by atomic mass is 32.2. The second-order valence-corrected chi connectivity index (χ2v) is 5.44. The van der Waals surface area contributed by atoms with Crippen LogP contribution in [0.5, 0.6) is 0 Å². The average Bonchev–Trinajstić information content (AvgIpc) is 2.32. The highest BCUT2D eigenvalue weighted by molar-refractivity contribution is 7.90. The molecule has 80 valence electrons. The first-order valence-electron chi connectivity index (χ1n) is 4.19. The van der Waals surface area contributed by atoms with E-state index in [1.807, 2.05) is 0 Å². The third kappa shape index (κ3) is 3.08. The number of rotatable bonds is 4. The van der Waals surface area contributed by atoms with Gasteiger partial charge in [-0.25, -0.2) is 13.4 Å². The van der Waals surface area contributed by atoms with E-state index in [0.29, 0.717) is 5.82 Å². The number of hydrogen-bond acceptors (Lipinski definition) is 5. The molecule has 0 saturated heterocycles. The molecule has 0 spiro atoms. The summed E-state index contributed by atoms with van der Waals surface area (Å²) in [5.74, 6) is 0.302. The molecule has 0 aliphatic rings. The predicted molar refractivity (Wildman–Crippen MR) is 52.1 cm³/mol. The standard InChI is InChI=1S/C7H14N4O2S/c1-6(8)3-14(12,13)4-7-9-5-10-11(7)2/h5-6H,3-4,8H2,1-2H3. The van der Waals surface area contributed by atoms with Gasteiger partial charge in [0, 0.05) is 13.1 Å². The zero-order chi connectivity index (χ0) is 10.8. The topological polar surface area (TPSA) is 90.9 Å². The van der Waals surface area contributed by atoms with Crippen LogP contribution in [-0.4, -0.2) is 35.0 Å². The summed E-state index contributed by atoms with van der Waals surface area (Å²) in [6, 6.07) is -0.353. The monoisotopic (exact) mass is 218 g/mol. The zero-order valence-corrected chi connectivity index (χ0v) is 9.03. The Morgan fingerprint density at radius 1 is 1.64 bits per heavy atom. The number of aryl methyl sites for hydroxylation is 1. The third-order valence-electron chi connectivity index (χ3n) is 1.67. The van der Waals surface area contributed by atoms with E-state index < -0.39 is 9.84 Å². The number of sulfone groups is 1. The summed E-state index contributed by atoms with van der Waals surface area (Å²) < 4.78 is 24.4. The highest BCUT2D eigenvalue weighted by Crippen LogP contribution is 2.02. The van der Waals surface area contributed by atoms with Crippen molar-refractivity contribution in [1.82, 2.24) is 14.8 Å². The first kappa shape index (κ1) is 11.1. The SMILES string of the molecule is CC(N)CS(=O)(=O)Cc1ncnn1C. The Bertz CT molecular complexity index is 396. The quantitative estimate of drug-likeness (QED) is 0.705. The van der Waals surface area contributed by atoms with Gasteiger partial charge in [0.25, 0.3) is 0 Å². The lowest BCUT2D eigenvalue weighted by Crippen LogP contribution is -2.27. The van der Waals surface area contributed by atoms with Crippen LogP contribution in [0.1, 0.15) is 12.7 Å². The van der Waals surface area contributed by atoms with Gasteiger partial charge in [-0.1, -0.05) is 0 Å². The molecule has 7 heteroatoms. The zero-order valence-electron chi connectivity index (χ0n) is 8.21. The van der Waals surface area contributed by atoms with Crippen molar-refractivity contribution in [3.8, 4) is 0 Å². The molecule has 0 bridgehead atoms.